The van der Waals surface area contributed by atoms with Gasteiger partial charge in [-0.3, -0.25) is 4.79 Å². The Bertz CT molecular complexity index is 427. The van der Waals surface area contributed by atoms with Gasteiger partial charge in [0, 0.05) is 10.9 Å². The number of methoxy groups -OCH3 is 1. The standard InChI is InChI=1S/C12H12BrFO2/c1-16-11-6-8(13)5-9(14)12(11)10(15)4-7-2-3-7/h5-7H,2-4H2,1H3. The minimum absolute atomic E-state index is 0.0811. The monoisotopic (exact) mass is 286 g/mol. The first kappa shape index (κ1) is 11.6. The molecule has 0 bridgehead atoms. The van der Waals surface area contributed by atoms with Gasteiger partial charge in [0.25, 0.3) is 0 Å². The van der Waals surface area contributed by atoms with E-state index in [4.69, 9.17) is 4.74 Å². The number of ketones is 1. The van der Waals surface area contributed by atoms with Crippen molar-refractivity contribution in [1.82, 2.24) is 0 Å². The number of carbonyl (C=O) groups excluding carboxylic acids is 1. The Hall–Kier alpha value is -0.900. The summed E-state index contributed by atoms with van der Waals surface area (Å²) < 4.78 is 19.3. The number of halogens is 2. The maximum Gasteiger partial charge on any atom is 0.169 e. The molecule has 1 aliphatic rings. The molecule has 1 saturated carbocycles. The van der Waals surface area contributed by atoms with Crippen LogP contribution in [-0.2, 0) is 0 Å². The minimum atomic E-state index is -0.517. The minimum Gasteiger partial charge on any atom is -0.496 e. The van der Waals surface area contributed by atoms with E-state index in [0.717, 1.165) is 12.8 Å². The fraction of sp³-hybridized carbons (Fsp3) is 0.417. The van der Waals surface area contributed by atoms with Crippen molar-refractivity contribution in [2.45, 2.75) is 19.3 Å². The molecule has 2 rings (SSSR count). The number of hydrogen-bond acceptors (Lipinski definition) is 2. The Morgan fingerprint density at radius 1 is 1.56 bits per heavy atom. The summed E-state index contributed by atoms with van der Waals surface area (Å²) in [6, 6.07) is 2.91. The van der Waals surface area contributed by atoms with Crippen LogP contribution in [0.4, 0.5) is 4.39 Å². The lowest BCUT2D eigenvalue weighted by Gasteiger charge is -2.09. The van der Waals surface area contributed by atoms with Gasteiger partial charge in [-0.2, -0.15) is 0 Å². The summed E-state index contributed by atoms with van der Waals surface area (Å²) >= 11 is 3.17. The van der Waals surface area contributed by atoms with E-state index in [9.17, 15) is 9.18 Å². The van der Waals surface area contributed by atoms with Crippen molar-refractivity contribution < 1.29 is 13.9 Å². The van der Waals surface area contributed by atoms with Crippen molar-refractivity contribution in [3.05, 3.63) is 28.0 Å². The van der Waals surface area contributed by atoms with Gasteiger partial charge in [-0.05, 0) is 30.9 Å². The number of hydrogen-bond donors (Lipinski definition) is 0. The zero-order valence-corrected chi connectivity index (χ0v) is 10.5. The van der Waals surface area contributed by atoms with Crippen molar-refractivity contribution >= 4 is 21.7 Å². The average molecular weight is 287 g/mol. The molecule has 4 heteroatoms. The van der Waals surface area contributed by atoms with Crippen molar-refractivity contribution in [1.29, 1.82) is 0 Å². The topological polar surface area (TPSA) is 26.3 Å². The van der Waals surface area contributed by atoms with Gasteiger partial charge >= 0.3 is 0 Å². The zero-order chi connectivity index (χ0) is 11.7. The molecule has 0 aromatic heterocycles. The van der Waals surface area contributed by atoms with Gasteiger partial charge in [-0.1, -0.05) is 15.9 Å². The number of benzene rings is 1. The van der Waals surface area contributed by atoms with Crippen LogP contribution in [0.1, 0.15) is 29.6 Å². The molecule has 0 radical (unpaired) electrons. The average Bonchev–Trinajstić information content (AvgIpc) is 2.99. The Kier molecular flexibility index (Phi) is 3.28. The van der Waals surface area contributed by atoms with Gasteiger partial charge in [0.15, 0.2) is 5.78 Å². The smallest absolute Gasteiger partial charge is 0.169 e. The van der Waals surface area contributed by atoms with E-state index in [1.807, 2.05) is 0 Å². The lowest BCUT2D eigenvalue weighted by Crippen LogP contribution is -2.06. The molecule has 0 aliphatic heterocycles. The number of carbonyl (C=O) groups is 1. The molecule has 1 aromatic carbocycles. The third-order valence-electron chi connectivity index (χ3n) is 2.69. The second-order valence-corrected chi connectivity index (χ2v) is 4.95. The van der Waals surface area contributed by atoms with Gasteiger partial charge in [0.2, 0.25) is 0 Å². The molecule has 2 nitrogen and oxygen atoms in total. The van der Waals surface area contributed by atoms with Crippen LogP contribution in [0, 0.1) is 11.7 Å². The first-order valence-electron chi connectivity index (χ1n) is 5.18. The SMILES string of the molecule is COc1cc(Br)cc(F)c1C(=O)CC1CC1. The summed E-state index contributed by atoms with van der Waals surface area (Å²) in [5.74, 6) is 0.0685. The molecule has 0 unspecified atom stereocenters. The third kappa shape index (κ3) is 2.43. The van der Waals surface area contributed by atoms with Gasteiger partial charge < -0.3 is 4.74 Å². The summed E-state index contributed by atoms with van der Waals surface area (Å²) in [5, 5.41) is 0. The van der Waals surface area contributed by atoms with Gasteiger partial charge in [0.05, 0.1) is 12.7 Å². The molecule has 16 heavy (non-hydrogen) atoms. The maximum absolute atomic E-state index is 13.7. The maximum atomic E-state index is 13.7. The van der Waals surface area contributed by atoms with Crippen molar-refractivity contribution in [2.24, 2.45) is 5.92 Å². The van der Waals surface area contributed by atoms with Crippen LogP contribution in [-0.4, -0.2) is 12.9 Å². The van der Waals surface area contributed by atoms with E-state index in [2.05, 4.69) is 15.9 Å². The molecule has 0 spiro atoms. The highest BCUT2D eigenvalue weighted by molar-refractivity contribution is 9.10. The predicted molar refractivity (Wildman–Crippen MR) is 62.3 cm³/mol. The second-order valence-electron chi connectivity index (χ2n) is 4.04. The Morgan fingerprint density at radius 3 is 2.81 bits per heavy atom. The Balaban J connectivity index is 2.32. The summed E-state index contributed by atoms with van der Waals surface area (Å²) in [7, 11) is 1.44. The van der Waals surface area contributed by atoms with Gasteiger partial charge in [-0.25, -0.2) is 4.39 Å². The molecular formula is C12H12BrFO2. The summed E-state index contributed by atoms with van der Waals surface area (Å²) in [4.78, 5) is 11.9. The molecular weight excluding hydrogens is 275 g/mol. The number of rotatable bonds is 4. The highest BCUT2D eigenvalue weighted by Crippen LogP contribution is 2.36. The molecule has 1 aliphatic carbocycles. The normalized spacial score (nSPS) is 14.9. The zero-order valence-electron chi connectivity index (χ0n) is 8.93. The fourth-order valence-electron chi connectivity index (χ4n) is 1.67. The fourth-order valence-corrected chi connectivity index (χ4v) is 2.08. The number of Topliss-reactive ketones (excluding diaryl/α,β-unsaturated/α-hetero) is 1. The molecule has 1 fully saturated rings. The van der Waals surface area contributed by atoms with E-state index in [0.29, 0.717) is 22.6 Å². The van der Waals surface area contributed by atoms with Crippen LogP contribution in [0.15, 0.2) is 16.6 Å². The molecule has 86 valence electrons. The summed E-state index contributed by atoms with van der Waals surface area (Å²) in [5.41, 5.74) is 0.0811. The summed E-state index contributed by atoms with van der Waals surface area (Å²) in [6.45, 7) is 0. The van der Waals surface area contributed by atoms with Crippen LogP contribution < -0.4 is 4.74 Å². The lowest BCUT2D eigenvalue weighted by atomic mass is 10.0. The predicted octanol–water partition coefficient (Wildman–Crippen LogP) is 3.58. The molecule has 0 atom stereocenters. The Labute approximate surface area is 102 Å². The van der Waals surface area contributed by atoms with Gasteiger partial charge in [-0.15, -0.1) is 0 Å². The quantitative estimate of drug-likeness (QED) is 0.791. The van der Waals surface area contributed by atoms with Crippen molar-refractivity contribution in [2.75, 3.05) is 7.11 Å². The van der Waals surface area contributed by atoms with E-state index in [-0.39, 0.29) is 11.3 Å². The molecule has 0 amide bonds. The van der Waals surface area contributed by atoms with Crippen molar-refractivity contribution in [3.8, 4) is 5.75 Å². The third-order valence-corrected chi connectivity index (χ3v) is 3.15. The van der Waals surface area contributed by atoms with Crippen LogP contribution in [0.3, 0.4) is 0 Å². The second kappa shape index (κ2) is 4.53. The molecule has 0 heterocycles. The highest BCUT2D eigenvalue weighted by atomic mass is 79.9. The molecule has 1 aromatic rings. The molecule has 0 saturated heterocycles. The van der Waals surface area contributed by atoms with Crippen molar-refractivity contribution in [3.63, 3.8) is 0 Å². The van der Waals surface area contributed by atoms with Crippen LogP contribution >= 0.6 is 15.9 Å². The first-order valence-corrected chi connectivity index (χ1v) is 5.97. The first-order chi connectivity index (χ1) is 7.61. The summed E-state index contributed by atoms with van der Waals surface area (Å²) in [6.07, 6.45) is 2.58. The van der Waals surface area contributed by atoms with Crippen LogP contribution in [0.5, 0.6) is 5.75 Å². The van der Waals surface area contributed by atoms with E-state index >= 15 is 0 Å². The Morgan fingerprint density at radius 2 is 2.25 bits per heavy atom. The lowest BCUT2D eigenvalue weighted by molar-refractivity contribution is 0.0969. The van der Waals surface area contributed by atoms with Crippen LogP contribution in [0.25, 0.3) is 0 Å². The van der Waals surface area contributed by atoms with E-state index in [1.54, 1.807) is 6.07 Å². The van der Waals surface area contributed by atoms with E-state index < -0.39 is 5.82 Å². The van der Waals surface area contributed by atoms with Gasteiger partial charge in [0.1, 0.15) is 11.6 Å². The number of ether oxygens (including phenoxy) is 1. The van der Waals surface area contributed by atoms with Crippen LogP contribution in [0.2, 0.25) is 0 Å². The molecule has 0 N–H and O–H groups in total. The largest absolute Gasteiger partial charge is 0.496 e. The highest BCUT2D eigenvalue weighted by Gasteiger charge is 2.28. The van der Waals surface area contributed by atoms with E-state index in [1.165, 1.54) is 13.2 Å².